The Kier molecular flexibility index (Phi) is 7.63. The SMILES string of the molecule is CCCCC(=O)Nc1ccc(C(=O)N/N=C/c2c(Cl)cccc2Cl)cc1. The number of anilines is 1. The van der Waals surface area contributed by atoms with Crippen molar-refractivity contribution in [3.05, 3.63) is 63.6 Å². The number of carbonyl (C=O) groups excluding carboxylic acids is 2. The van der Waals surface area contributed by atoms with Gasteiger partial charge < -0.3 is 5.32 Å². The lowest BCUT2D eigenvalue weighted by atomic mass is 10.2. The maximum absolute atomic E-state index is 12.1. The Labute approximate surface area is 162 Å². The minimum absolute atomic E-state index is 0.0368. The summed E-state index contributed by atoms with van der Waals surface area (Å²) in [5, 5.41) is 7.56. The first-order valence-electron chi connectivity index (χ1n) is 8.18. The van der Waals surface area contributed by atoms with E-state index in [9.17, 15) is 9.59 Å². The molecule has 136 valence electrons. The monoisotopic (exact) mass is 391 g/mol. The van der Waals surface area contributed by atoms with E-state index in [0.29, 0.717) is 33.3 Å². The molecule has 0 aliphatic carbocycles. The second-order valence-electron chi connectivity index (χ2n) is 5.56. The van der Waals surface area contributed by atoms with Gasteiger partial charge in [-0.2, -0.15) is 5.10 Å². The molecule has 0 aliphatic heterocycles. The number of nitrogens with zero attached hydrogens (tertiary/aromatic N) is 1. The lowest BCUT2D eigenvalue weighted by Crippen LogP contribution is -2.18. The number of amides is 2. The zero-order chi connectivity index (χ0) is 18.9. The van der Waals surface area contributed by atoms with Gasteiger partial charge in [0.1, 0.15) is 0 Å². The van der Waals surface area contributed by atoms with Gasteiger partial charge in [0.2, 0.25) is 5.91 Å². The molecule has 0 atom stereocenters. The normalized spacial score (nSPS) is 10.7. The number of hydrazone groups is 1. The van der Waals surface area contributed by atoms with Gasteiger partial charge in [0.05, 0.1) is 16.3 Å². The first kappa shape index (κ1) is 19.9. The Hall–Kier alpha value is -2.37. The van der Waals surface area contributed by atoms with Crippen LogP contribution in [-0.4, -0.2) is 18.0 Å². The van der Waals surface area contributed by atoms with E-state index in [0.717, 1.165) is 12.8 Å². The summed E-state index contributed by atoms with van der Waals surface area (Å²) in [5.74, 6) is -0.418. The van der Waals surface area contributed by atoms with Gasteiger partial charge >= 0.3 is 0 Å². The highest BCUT2D eigenvalue weighted by atomic mass is 35.5. The summed E-state index contributed by atoms with van der Waals surface area (Å²) in [6.07, 6.45) is 3.69. The van der Waals surface area contributed by atoms with Gasteiger partial charge in [-0.15, -0.1) is 0 Å². The molecule has 7 heteroatoms. The van der Waals surface area contributed by atoms with Gasteiger partial charge in [-0.1, -0.05) is 42.6 Å². The van der Waals surface area contributed by atoms with Gasteiger partial charge in [0, 0.05) is 23.2 Å². The summed E-state index contributed by atoms with van der Waals surface area (Å²) >= 11 is 12.1. The molecule has 2 amide bonds. The number of hydrogen-bond donors (Lipinski definition) is 2. The predicted octanol–water partition coefficient (Wildman–Crippen LogP) is 4.89. The molecule has 0 spiro atoms. The molecule has 0 saturated carbocycles. The average molecular weight is 392 g/mol. The second-order valence-corrected chi connectivity index (χ2v) is 6.38. The van der Waals surface area contributed by atoms with Crippen molar-refractivity contribution in [1.29, 1.82) is 0 Å². The maximum atomic E-state index is 12.1. The van der Waals surface area contributed by atoms with Crippen molar-refractivity contribution in [2.45, 2.75) is 26.2 Å². The number of carbonyl (C=O) groups is 2. The lowest BCUT2D eigenvalue weighted by Gasteiger charge is -2.06. The summed E-state index contributed by atoms with van der Waals surface area (Å²) in [6.45, 7) is 2.03. The van der Waals surface area contributed by atoms with Gasteiger partial charge in [0.25, 0.3) is 5.91 Å². The number of rotatable bonds is 7. The second kappa shape index (κ2) is 9.94. The van der Waals surface area contributed by atoms with Gasteiger partial charge in [-0.3, -0.25) is 9.59 Å². The van der Waals surface area contributed by atoms with Crippen LogP contribution in [0.15, 0.2) is 47.6 Å². The molecule has 0 unspecified atom stereocenters. The zero-order valence-electron chi connectivity index (χ0n) is 14.3. The summed E-state index contributed by atoms with van der Waals surface area (Å²) in [4.78, 5) is 23.8. The van der Waals surface area contributed by atoms with E-state index < -0.39 is 0 Å². The zero-order valence-corrected chi connectivity index (χ0v) is 15.8. The Morgan fingerprint density at radius 2 is 1.73 bits per heavy atom. The molecular formula is C19H19Cl2N3O2. The van der Waals surface area contributed by atoms with E-state index >= 15 is 0 Å². The fourth-order valence-corrected chi connectivity index (χ4v) is 2.61. The van der Waals surface area contributed by atoms with Crippen LogP contribution in [-0.2, 0) is 4.79 Å². The smallest absolute Gasteiger partial charge is 0.271 e. The van der Waals surface area contributed by atoms with Crippen LogP contribution in [0.2, 0.25) is 10.0 Å². The molecule has 26 heavy (non-hydrogen) atoms. The highest BCUT2D eigenvalue weighted by molar-refractivity contribution is 6.38. The van der Waals surface area contributed by atoms with Crippen molar-refractivity contribution in [2.24, 2.45) is 5.10 Å². The molecule has 0 radical (unpaired) electrons. The third-order valence-electron chi connectivity index (χ3n) is 3.55. The number of benzene rings is 2. The van der Waals surface area contributed by atoms with Crippen LogP contribution in [0.3, 0.4) is 0 Å². The van der Waals surface area contributed by atoms with E-state index in [1.165, 1.54) is 6.21 Å². The van der Waals surface area contributed by atoms with E-state index in [2.05, 4.69) is 15.8 Å². The molecule has 2 aromatic carbocycles. The highest BCUT2D eigenvalue weighted by Gasteiger charge is 2.07. The lowest BCUT2D eigenvalue weighted by molar-refractivity contribution is -0.116. The standard InChI is InChI=1S/C19H19Cl2N3O2/c1-2-3-7-18(25)23-14-10-8-13(9-11-14)19(26)24-22-12-15-16(20)5-4-6-17(15)21/h4-6,8-12H,2-3,7H2,1H3,(H,23,25)(H,24,26)/b22-12+. The topological polar surface area (TPSA) is 70.6 Å². The summed E-state index contributed by atoms with van der Waals surface area (Å²) < 4.78 is 0. The van der Waals surface area contributed by atoms with E-state index in [-0.39, 0.29) is 11.8 Å². The maximum Gasteiger partial charge on any atom is 0.271 e. The van der Waals surface area contributed by atoms with Gasteiger partial charge in [0.15, 0.2) is 0 Å². The summed E-state index contributed by atoms with van der Waals surface area (Å²) in [7, 11) is 0. The van der Waals surface area contributed by atoms with Crippen molar-refractivity contribution < 1.29 is 9.59 Å². The molecule has 0 heterocycles. The van der Waals surface area contributed by atoms with Gasteiger partial charge in [-0.25, -0.2) is 5.43 Å². The number of unbranched alkanes of at least 4 members (excludes halogenated alkanes) is 1. The van der Waals surface area contributed by atoms with Crippen LogP contribution in [0.4, 0.5) is 5.69 Å². The van der Waals surface area contributed by atoms with Crippen LogP contribution in [0, 0.1) is 0 Å². The minimum atomic E-state index is -0.381. The van der Waals surface area contributed by atoms with Crippen molar-refractivity contribution >= 4 is 46.9 Å². The number of nitrogens with one attached hydrogen (secondary N) is 2. The third kappa shape index (κ3) is 5.86. The molecule has 0 aliphatic rings. The molecule has 0 fully saturated rings. The van der Waals surface area contributed by atoms with Gasteiger partial charge in [-0.05, 0) is 42.8 Å². The minimum Gasteiger partial charge on any atom is -0.326 e. The molecule has 2 aromatic rings. The van der Waals surface area contributed by atoms with E-state index in [4.69, 9.17) is 23.2 Å². The number of halogens is 2. The van der Waals surface area contributed by atoms with Crippen LogP contribution in [0.25, 0.3) is 0 Å². The largest absolute Gasteiger partial charge is 0.326 e. The van der Waals surface area contributed by atoms with E-state index in [1.807, 2.05) is 6.92 Å². The van der Waals surface area contributed by atoms with Crippen LogP contribution < -0.4 is 10.7 Å². The van der Waals surface area contributed by atoms with Crippen LogP contribution >= 0.6 is 23.2 Å². The fraction of sp³-hybridized carbons (Fsp3) is 0.211. The molecule has 2 N–H and O–H groups in total. The molecule has 0 aromatic heterocycles. The predicted molar refractivity (Wildman–Crippen MR) is 106 cm³/mol. The summed E-state index contributed by atoms with van der Waals surface area (Å²) in [5.41, 5.74) is 4.01. The third-order valence-corrected chi connectivity index (χ3v) is 4.21. The fourth-order valence-electron chi connectivity index (χ4n) is 2.12. The van der Waals surface area contributed by atoms with Crippen LogP contribution in [0.1, 0.15) is 42.1 Å². The molecular weight excluding hydrogens is 373 g/mol. The first-order chi connectivity index (χ1) is 12.5. The average Bonchev–Trinajstić information content (AvgIpc) is 2.63. The van der Waals surface area contributed by atoms with E-state index in [1.54, 1.807) is 42.5 Å². The quantitative estimate of drug-likeness (QED) is 0.521. The first-order valence-corrected chi connectivity index (χ1v) is 8.94. The van der Waals surface area contributed by atoms with Crippen molar-refractivity contribution in [3.63, 3.8) is 0 Å². The molecule has 5 nitrogen and oxygen atoms in total. The number of hydrogen-bond acceptors (Lipinski definition) is 3. The molecule has 0 saturated heterocycles. The molecule has 0 bridgehead atoms. The molecule has 2 rings (SSSR count). The highest BCUT2D eigenvalue weighted by Crippen LogP contribution is 2.22. The summed E-state index contributed by atoms with van der Waals surface area (Å²) in [6, 6.07) is 11.7. The van der Waals surface area contributed by atoms with Crippen molar-refractivity contribution in [3.8, 4) is 0 Å². The Balaban J connectivity index is 1.93. The Morgan fingerprint density at radius 1 is 1.08 bits per heavy atom. The van der Waals surface area contributed by atoms with Crippen molar-refractivity contribution in [1.82, 2.24) is 5.43 Å². The van der Waals surface area contributed by atoms with Crippen LogP contribution in [0.5, 0.6) is 0 Å². The Morgan fingerprint density at radius 3 is 2.35 bits per heavy atom. The Bertz CT molecular complexity index is 785. The van der Waals surface area contributed by atoms with Crippen molar-refractivity contribution in [2.75, 3.05) is 5.32 Å².